The minimum atomic E-state index is -1.69. The number of amides is 1. The third-order valence-electron chi connectivity index (χ3n) is 3.56. The molecule has 3 N–H and O–H groups in total. The van der Waals surface area contributed by atoms with E-state index in [0.717, 1.165) is 11.3 Å². The third-order valence-corrected chi connectivity index (χ3v) is 6.78. The van der Waals surface area contributed by atoms with E-state index < -0.39 is 34.5 Å². The molecule has 0 aliphatic carbocycles. The first kappa shape index (κ1) is 21.8. The van der Waals surface area contributed by atoms with Gasteiger partial charge in [0, 0.05) is 7.05 Å². The fourth-order valence-electron chi connectivity index (χ4n) is 2.30. The lowest BCUT2D eigenvalue weighted by Gasteiger charge is -2.35. The van der Waals surface area contributed by atoms with Gasteiger partial charge < -0.3 is 14.9 Å². The highest BCUT2D eigenvalue weighted by Crippen LogP contribution is 2.42. The van der Waals surface area contributed by atoms with Crippen molar-refractivity contribution in [2.45, 2.75) is 38.2 Å². The number of halogens is 1. The molecule has 11 heteroatoms. The number of carbonyl (C=O) groups is 1. The van der Waals surface area contributed by atoms with E-state index in [2.05, 4.69) is 16.9 Å². The number of ether oxygens (including phenoxy) is 1. The summed E-state index contributed by atoms with van der Waals surface area (Å²) in [4.78, 5) is 17.3. The first-order valence-corrected chi connectivity index (χ1v) is 10.4. The van der Waals surface area contributed by atoms with Crippen molar-refractivity contribution >= 4 is 46.0 Å². The Balaban J connectivity index is 2.47. The molecule has 0 saturated heterocycles. The van der Waals surface area contributed by atoms with Crippen LogP contribution in [0.25, 0.3) is 0 Å². The molecule has 1 unspecified atom stereocenters. The minimum Gasteiger partial charge on any atom is -0.444 e. The van der Waals surface area contributed by atoms with Crippen molar-refractivity contribution in [3.8, 4) is 0 Å². The molecule has 1 aromatic rings. The Bertz CT molecular complexity index is 802. The lowest BCUT2D eigenvalue weighted by atomic mass is 10.0. The van der Waals surface area contributed by atoms with Gasteiger partial charge in [-0.1, -0.05) is 17.7 Å². The molecule has 0 fully saturated rings. The van der Waals surface area contributed by atoms with Gasteiger partial charge in [0.15, 0.2) is 6.29 Å². The van der Waals surface area contributed by atoms with Gasteiger partial charge >= 0.3 is 6.09 Å². The largest absolute Gasteiger partial charge is 0.444 e. The quantitative estimate of drug-likeness (QED) is 0.498. The number of guanidine groups is 1. The number of carbonyl (C=O) groups excluding carboxylic acids is 1. The molecule has 1 amide bonds. The van der Waals surface area contributed by atoms with Gasteiger partial charge in [0.25, 0.3) is 0 Å². The first-order chi connectivity index (χ1) is 12.4. The fourth-order valence-corrected chi connectivity index (χ4v) is 5.08. The van der Waals surface area contributed by atoms with E-state index in [0.29, 0.717) is 4.88 Å². The van der Waals surface area contributed by atoms with Crippen molar-refractivity contribution in [2.75, 3.05) is 12.8 Å². The molecule has 0 aromatic carbocycles. The van der Waals surface area contributed by atoms with Crippen molar-refractivity contribution < 1.29 is 24.0 Å². The molecule has 2 atom stereocenters. The van der Waals surface area contributed by atoms with E-state index in [-0.39, 0.29) is 21.6 Å². The van der Waals surface area contributed by atoms with Crippen molar-refractivity contribution in [3.05, 3.63) is 33.5 Å². The van der Waals surface area contributed by atoms with Crippen LogP contribution in [0.1, 0.15) is 36.8 Å². The zero-order chi connectivity index (χ0) is 20.6. The predicted molar refractivity (Wildman–Crippen MR) is 106 cm³/mol. The molecule has 0 saturated carbocycles. The average molecular weight is 436 g/mol. The van der Waals surface area contributed by atoms with Crippen LogP contribution < -0.4 is 5.32 Å². The van der Waals surface area contributed by atoms with Crippen LogP contribution in [0.5, 0.6) is 0 Å². The van der Waals surface area contributed by atoms with Gasteiger partial charge in [-0.15, -0.1) is 17.9 Å². The Morgan fingerprint density at radius 1 is 1.59 bits per heavy atom. The topological polar surface area (TPSA) is 111 Å². The summed E-state index contributed by atoms with van der Waals surface area (Å²) < 4.78 is 19.2. The SMILES string of the molecule is C=C[C@@]1(c2sc(C(O)O)cc2Cl)CS(=O)N(C)C(NC(=O)OC(C)(C)C)=N1. The number of aliphatic hydroxyl groups is 2. The van der Waals surface area contributed by atoms with Crippen molar-refractivity contribution in [1.82, 2.24) is 9.62 Å². The summed E-state index contributed by atoms with van der Waals surface area (Å²) in [5, 5.41) is 21.5. The molecule has 150 valence electrons. The standard InChI is InChI=1S/C16H22ClN3O5S2/c1-6-16(11-9(17)7-10(26-11)12(21)22)8-27(24)20(5)13(19-16)18-14(23)25-15(2,3)4/h6-7,12,21-22H,1,8H2,2-5H3,(H,18,19,23)/t16-,27?/m0/s1. The molecule has 0 radical (unpaired) electrons. The van der Waals surface area contributed by atoms with E-state index in [1.807, 2.05) is 0 Å². The normalized spacial score (nSPS) is 23.2. The number of aliphatic imine (C=N–C) groups is 1. The number of hydrogen-bond donors (Lipinski definition) is 3. The smallest absolute Gasteiger partial charge is 0.414 e. The first-order valence-electron chi connectivity index (χ1n) is 7.90. The number of aliphatic hydroxyl groups excluding tert-OH is 1. The Morgan fingerprint density at radius 3 is 2.70 bits per heavy atom. The summed E-state index contributed by atoms with van der Waals surface area (Å²) in [6.45, 7) is 8.94. The Morgan fingerprint density at radius 2 is 2.22 bits per heavy atom. The van der Waals surface area contributed by atoms with Crippen LogP contribution in [0.2, 0.25) is 5.02 Å². The Hall–Kier alpha value is -1.46. The summed E-state index contributed by atoms with van der Waals surface area (Å²) in [6, 6.07) is 1.41. The summed E-state index contributed by atoms with van der Waals surface area (Å²) in [5.74, 6) is 0.0672. The monoisotopic (exact) mass is 435 g/mol. The highest BCUT2D eigenvalue weighted by Gasteiger charge is 2.41. The second-order valence-electron chi connectivity index (χ2n) is 6.85. The van der Waals surface area contributed by atoms with E-state index in [9.17, 15) is 19.2 Å². The van der Waals surface area contributed by atoms with Gasteiger partial charge in [0.05, 0.1) is 20.5 Å². The molecule has 2 rings (SSSR count). The molecule has 2 heterocycles. The molecule has 1 aliphatic rings. The lowest BCUT2D eigenvalue weighted by Crippen LogP contribution is -2.52. The van der Waals surface area contributed by atoms with E-state index >= 15 is 0 Å². The third kappa shape index (κ3) is 4.88. The van der Waals surface area contributed by atoms with Crippen molar-refractivity contribution in [1.29, 1.82) is 0 Å². The predicted octanol–water partition coefficient (Wildman–Crippen LogP) is 2.26. The van der Waals surface area contributed by atoms with Gasteiger partial charge in [-0.2, -0.15) is 0 Å². The average Bonchev–Trinajstić information content (AvgIpc) is 2.92. The number of nitrogens with one attached hydrogen (secondary N) is 1. The maximum Gasteiger partial charge on any atom is 0.414 e. The van der Waals surface area contributed by atoms with Gasteiger partial charge in [0.2, 0.25) is 5.96 Å². The van der Waals surface area contributed by atoms with Crippen molar-refractivity contribution in [3.63, 3.8) is 0 Å². The molecule has 1 aromatic heterocycles. The van der Waals surface area contributed by atoms with Crippen LogP contribution in [-0.4, -0.2) is 49.2 Å². The number of rotatable bonds is 3. The van der Waals surface area contributed by atoms with Crippen LogP contribution in [0, 0.1) is 0 Å². The van der Waals surface area contributed by atoms with Crippen LogP contribution in [0.15, 0.2) is 23.7 Å². The van der Waals surface area contributed by atoms with Crippen LogP contribution in [0.4, 0.5) is 4.79 Å². The van der Waals surface area contributed by atoms with Crippen LogP contribution in [-0.2, 0) is 21.3 Å². The maximum atomic E-state index is 12.7. The molecular weight excluding hydrogens is 414 g/mol. The van der Waals surface area contributed by atoms with Gasteiger partial charge in [0.1, 0.15) is 22.1 Å². The van der Waals surface area contributed by atoms with Crippen LogP contribution in [0.3, 0.4) is 0 Å². The van der Waals surface area contributed by atoms with E-state index in [1.165, 1.54) is 23.5 Å². The van der Waals surface area contributed by atoms with E-state index in [4.69, 9.17) is 16.3 Å². The number of nitrogens with zero attached hydrogens (tertiary/aromatic N) is 2. The van der Waals surface area contributed by atoms with Gasteiger partial charge in [-0.25, -0.2) is 14.0 Å². The second kappa shape index (κ2) is 7.88. The molecule has 8 nitrogen and oxygen atoms in total. The summed E-state index contributed by atoms with van der Waals surface area (Å²) in [5.41, 5.74) is -1.91. The molecule has 27 heavy (non-hydrogen) atoms. The van der Waals surface area contributed by atoms with Gasteiger partial charge in [-0.3, -0.25) is 9.62 Å². The highest BCUT2D eigenvalue weighted by molar-refractivity contribution is 7.83. The zero-order valence-corrected chi connectivity index (χ0v) is 17.7. The molecule has 0 spiro atoms. The second-order valence-corrected chi connectivity index (χ2v) is 9.82. The summed E-state index contributed by atoms with van der Waals surface area (Å²) in [6.07, 6.45) is -0.961. The van der Waals surface area contributed by atoms with Gasteiger partial charge in [-0.05, 0) is 26.8 Å². The maximum absolute atomic E-state index is 12.7. The van der Waals surface area contributed by atoms with Crippen molar-refractivity contribution in [2.24, 2.45) is 4.99 Å². The van der Waals surface area contributed by atoms with Crippen LogP contribution >= 0.6 is 22.9 Å². The zero-order valence-electron chi connectivity index (χ0n) is 15.4. The minimum absolute atomic E-state index is 0.0318. The Labute approximate surface area is 169 Å². The molecular formula is C16H22ClN3O5S2. The fraction of sp³-hybridized carbons (Fsp3) is 0.500. The highest BCUT2D eigenvalue weighted by atomic mass is 35.5. The Kier molecular flexibility index (Phi) is 6.37. The number of alkyl carbamates (subject to hydrolysis) is 1. The molecule has 1 aliphatic heterocycles. The number of hydrogen-bond acceptors (Lipinski definition) is 7. The lowest BCUT2D eigenvalue weighted by molar-refractivity contribution is -0.0395. The number of thiophene rings is 1. The summed E-state index contributed by atoms with van der Waals surface area (Å²) >= 11 is 7.29. The van der Waals surface area contributed by atoms with E-state index in [1.54, 1.807) is 20.8 Å². The molecule has 0 bridgehead atoms. The summed E-state index contributed by atoms with van der Waals surface area (Å²) in [7, 11) is -0.0240.